The van der Waals surface area contributed by atoms with Crippen LogP contribution in [0.2, 0.25) is 0 Å². The fourth-order valence-corrected chi connectivity index (χ4v) is 1.85. The molecule has 14 heavy (non-hydrogen) atoms. The zero-order valence-electron chi connectivity index (χ0n) is 8.38. The van der Waals surface area contributed by atoms with E-state index in [9.17, 15) is 0 Å². The molecular formula is C11H15NO2. The Hall–Kier alpha value is -1.22. The standard InChI is InChI=1S/C11H15NO2/c1-2-9-8(5-6-12)3-4-10-11(9)14-7-13-10/h3-4H,2,5-7,12H2,1H3. The Morgan fingerprint density at radius 2 is 2.21 bits per heavy atom. The molecule has 0 saturated carbocycles. The summed E-state index contributed by atoms with van der Waals surface area (Å²) < 4.78 is 10.8. The van der Waals surface area contributed by atoms with Crippen LogP contribution in [0.5, 0.6) is 11.5 Å². The number of rotatable bonds is 3. The van der Waals surface area contributed by atoms with Crippen molar-refractivity contribution in [2.75, 3.05) is 13.3 Å². The van der Waals surface area contributed by atoms with Gasteiger partial charge in [0.25, 0.3) is 0 Å². The van der Waals surface area contributed by atoms with Gasteiger partial charge in [0.15, 0.2) is 11.5 Å². The molecule has 1 aromatic rings. The van der Waals surface area contributed by atoms with Crippen molar-refractivity contribution >= 4 is 0 Å². The second-order valence-electron chi connectivity index (χ2n) is 3.33. The first-order valence-corrected chi connectivity index (χ1v) is 4.97. The molecule has 2 rings (SSSR count). The van der Waals surface area contributed by atoms with Gasteiger partial charge < -0.3 is 15.2 Å². The summed E-state index contributed by atoms with van der Waals surface area (Å²) in [6.07, 6.45) is 1.86. The van der Waals surface area contributed by atoms with Crippen molar-refractivity contribution in [3.05, 3.63) is 23.3 Å². The van der Waals surface area contributed by atoms with Crippen molar-refractivity contribution in [2.24, 2.45) is 5.73 Å². The molecule has 0 bridgehead atoms. The fraction of sp³-hybridized carbons (Fsp3) is 0.455. The van der Waals surface area contributed by atoms with E-state index in [4.69, 9.17) is 15.2 Å². The molecule has 0 amide bonds. The topological polar surface area (TPSA) is 44.5 Å². The first-order valence-electron chi connectivity index (χ1n) is 4.97. The monoisotopic (exact) mass is 193 g/mol. The molecule has 1 aliphatic rings. The molecule has 0 unspecified atom stereocenters. The van der Waals surface area contributed by atoms with Crippen LogP contribution >= 0.6 is 0 Å². The van der Waals surface area contributed by atoms with Gasteiger partial charge in [0, 0.05) is 5.56 Å². The molecule has 0 saturated heterocycles. The zero-order valence-corrected chi connectivity index (χ0v) is 8.38. The lowest BCUT2D eigenvalue weighted by atomic mass is 10.0. The largest absolute Gasteiger partial charge is 0.454 e. The van der Waals surface area contributed by atoms with Gasteiger partial charge in [-0.2, -0.15) is 0 Å². The van der Waals surface area contributed by atoms with E-state index in [-0.39, 0.29) is 0 Å². The van der Waals surface area contributed by atoms with Crippen LogP contribution in [0, 0.1) is 0 Å². The highest BCUT2D eigenvalue weighted by Gasteiger charge is 2.18. The van der Waals surface area contributed by atoms with E-state index in [1.54, 1.807) is 0 Å². The third-order valence-electron chi connectivity index (χ3n) is 2.51. The van der Waals surface area contributed by atoms with Crippen LogP contribution in [0.3, 0.4) is 0 Å². The number of fused-ring (bicyclic) bond motifs is 1. The summed E-state index contributed by atoms with van der Waals surface area (Å²) in [4.78, 5) is 0. The first kappa shape index (κ1) is 9.34. The third-order valence-corrected chi connectivity index (χ3v) is 2.51. The minimum Gasteiger partial charge on any atom is -0.454 e. The van der Waals surface area contributed by atoms with Crippen LogP contribution in [-0.4, -0.2) is 13.3 Å². The maximum Gasteiger partial charge on any atom is 0.231 e. The van der Waals surface area contributed by atoms with E-state index in [2.05, 4.69) is 13.0 Å². The van der Waals surface area contributed by atoms with Gasteiger partial charge in [-0.3, -0.25) is 0 Å². The Kier molecular flexibility index (Phi) is 2.59. The molecule has 0 aromatic heterocycles. The lowest BCUT2D eigenvalue weighted by Crippen LogP contribution is -2.05. The number of nitrogens with two attached hydrogens (primary N) is 1. The number of hydrogen-bond donors (Lipinski definition) is 1. The third kappa shape index (κ3) is 1.44. The van der Waals surface area contributed by atoms with Crippen molar-refractivity contribution in [1.82, 2.24) is 0 Å². The van der Waals surface area contributed by atoms with Crippen LogP contribution in [-0.2, 0) is 12.8 Å². The summed E-state index contributed by atoms with van der Waals surface area (Å²) in [6.45, 7) is 3.14. The summed E-state index contributed by atoms with van der Waals surface area (Å²) in [5, 5.41) is 0. The second kappa shape index (κ2) is 3.88. The minimum absolute atomic E-state index is 0.342. The molecule has 76 valence electrons. The maximum absolute atomic E-state index is 5.56. The van der Waals surface area contributed by atoms with Crippen LogP contribution < -0.4 is 15.2 Å². The summed E-state index contributed by atoms with van der Waals surface area (Å²) in [5.74, 6) is 1.78. The van der Waals surface area contributed by atoms with Gasteiger partial charge in [0.2, 0.25) is 6.79 Å². The van der Waals surface area contributed by atoms with Crippen LogP contribution in [0.25, 0.3) is 0 Å². The molecule has 1 heterocycles. The van der Waals surface area contributed by atoms with Gasteiger partial charge in [0.1, 0.15) is 0 Å². The zero-order chi connectivity index (χ0) is 9.97. The number of ether oxygens (including phenoxy) is 2. The second-order valence-corrected chi connectivity index (χ2v) is 3.33. The van der Waals surface area contributed by atoms with E-state index in [0.717, 1.165) is 24.3 Å². The van der Waals surface area contributed by atoms with Crippen molar-refractivity contribution in [2.45, 2.75) is 19.8 Å². The normalized spacial score (nSPS) is 13.3. The van der Waals surface area contributed by atoms with E-state index < -0.39 is 0 Å². The predicted octanol–water partition coefficient (Wildman–Crippen LogP) is 1.48. The molecule has 1 aliphatic heterocycles. The van der Waals surface area contributed by atoms with Gasteiger partial charge >= 0.3 is 0 Å². The molecule has 3 nitrogen and oxygen atoms in total. The van der Waals surface area contributed by atoms with Crippen molar-refractivity contribution in [3.63, 3.8) is 0 Å². The van der Waals surface area contributed by atoms with Crippen LogP contribution in [0.4, 0.5) is 0 Å². The van der Waals surface area contributed by atoms with E-state index >= 15 is 0 Å². The van der Waals surface area contributed by atoms with Crippen molar-refractivity contribution < 1.29 is 9.47 Å². The SMILES string of the molecule is CCc1c(CCN)ccc2c1OCO2. The maximum atomic E-state index is 5.56. The molecule has 0 radical (unpaired) electrons. The fourth-order valence-electron chi connectivity index (χ4n) is 1.85. The van der Waals surface area contributed by atoms with Gasteiger partial charge in [-0.15, -0.1) is 0 Å². The Morgan fingerprint density at radius 1 is 1.36 bits per heavy atom. The van der Waals surface area contributed by atoms with E-state index in [0.29, 0.717) is 13.3 Å². The average molecular weight is 193 g/mol. The number of benzene rings is 1. The van der Waals surface area contributed by atoms with Crippen LogP contribution in [0.15, 0.2) is 12.1 Å². The Morgan fingerprint density at radius 3 is 2.93 bits per heavy atom. The number of hydrogen-bond acceptors (Lipinski definition) is 3. The highest BCUT2D eigenvalue weighted by atomic mass is 16.7. The Bertz CT molecular complexity index is 336. The molecule has 3 heteroatoms. The van der Waals surface area contributed by atoms with E-state index in [1.165, 1.54) is 11.1 Å². The van der Waals surface area contributed by atoms with Crippen molar-refractivity contribution in [1.29, 1.82) is 0 Å². The molecular weight excluding hydrogens is 178 g/mol. The molecule has 0 aliphatic carbocycles. The Labute approximate surface area is 83.8 Å². The molecule has 0 fully saturated rings. The quantitative estimate of drug-likeness (QED) is 0.790. The van der Waals surface area contributed by atoms with Gasteiger partial charge in [-0.25, -0.2) is 0 Å². The highest BCUT2D eigenvalue weighted by Crippen LogP contribution is 2.37. The predicted molar refractivity (Wildman–Crippen MR) is 54.7 cm³/mol. The molecule has 0 atom stereocenters. The van der Waals surface area contributed by atoms with Gasteiger partial charge in [-0.1, -0.05) is 13.0 Å². The highest BCUT2D eigenvalue weighted by molar-refractivity contribution is 5.52. The molecule has 0 spiro atoms. The first-order chi connectivity index (χ1) is 6.86. The summed E-state index contributed by atoms with van der Waals surface area (Å²) in [7, 11) is 0. The average Bonchev–Trinajstić information content (AvgIpc) is 2.66. The summed E-state index contributed by atoms with van der Waals surface area (Å²) in [6, 6.07) is 4.05. The van der Waals surface area contributed by atoms with Gasteiger partial charge in [-0.05, 0) is 31.0 Å². The lowest BCUT2D eigenvalue weighted by molar-refractivity contribution is 0.173. The van der Waals surface area contributed by atoms with Crippen molar-refractivity contribution in [3.8, 4) is 11.5 Å². The lowest BCUT2D eigenvalue weighted by Gasteiger charge is -2.09. The smallest absolute Gasteiger partial charge is 0.231 e. The van der Waals surface area contributed by atoms with E-state index in [1.807, 2.05) is 6.07 Å². The van der Waals surface area contributed by atoms with Gasteiger partial charge in [0.05, 0.1) is 0 Å². The molecule has 1 aromatic carbocycles. The van der Waals surface area contributed by atoms with Crippen LogP contribution in [0.1, 0.15) is 18.1 Å². The summed E-state index contributed by atoms with van der Waals surface area (Å²) in [5.41, 5.74) is 8.08. The summed E-state index contributed by atoms with van der Waals surface area (Å²) >= 11 is 0. The molecule has 2 N–H and O–H groups in total. The minimum atomic E-state index is 0.342. The Balaban J connectivity index is 2.43.